The average Bonchev–Trinajstić information content (AvgIpc) is 3.01. The number of likely N-dealkylation sites (tertiary alicyclic amines) is 1. The van der Waals surface area contributed by atoms with Crippen LogP contribution in [0.1, 0.15) is 30.9 Å². The lowest BCUT2D eigenvalue weighted by Crippen LogP contribution is -2.47. The van der Waals surface area contributed by atoms with Crippen molar-refractivity contribution in [2.24, 2.45) is 5.92 Å². The zero-order valence-electron chi connectivity index (χ0n) is 14.2. The van der Waals surface area contributed by atoms with E-state index in [0.29, 0.717) is 32.6 Å². The average molecular weight is 368 g/mol. The highest BCUT2D eigenvalue weighted by molar-refractivity contribution is 5.89. The number of halogens is 1. The summed E-state index contributed by atoms with van der Waals surface area (Å²) in [6, 6.07) is 8.85. The van der Waals surface area contributed by atoms with E-state index in [1.807, 2.05) is 30.3 Å². The fourth-order valence-electron chi connectivity index (χ4n) is 3.46. The van der Waals surface area contributed by atoms with Crippen molar-refractivity contribution in [2.45, 2.75) is 31.4 Å². The number of nitrogens with zero attached hydrogens (tertiary/aromatic N) is 1. The Hall–Kier alpha value is -1.63. The summed E-state index contributed by atoms with van der Waals surface area (Å²) in [4.78, 5) is 26.9. The number of nitrogens with one attached hydrogen (secondary N) is 2. The molecule has 1 aromatic carbocycles. The minimum atomic E-state index is -0.592. The predicted molar refractivity (Wildman–Crippen MR) is 97.4 cm³/mol. The van der Waals surface area contributed by atoms with E-state index in [1.54, 1.807) is 4.90 Å². The van der Waals surface area contributed by atoms with E-state index in [-0.39, 0.29) is 30.1 Å². The van der Waals surface area contributed by atoms with Crippen LogP contribution in [0.25, 0.3) is 0 Å². The Balaban J connectivity index is 0.00000225. The van der Waals surface area contributed by atoms with Gasteiger partial charge in [0.25, 0.3) is 0 Å². The Kier molecular flexibility index (Phi) is 7.23. The van der Waals surface area contributed by atoms with E-state index >= 15 is 0 Å². The van der Waals surface area contributed by atoms with Gasteiger partial charge in [0.15, 0.2) is 0 Å². The molecule has 138 valence electrons. The largest absolute Gasteiger partial charge is 0.391 e. The SMILES string of the molecule is Cl.O=C(NCC1CNCC1O)C(c1ccccc1)N1CCCCC1=O. The van der Waals surface area contributed by atoms with Crippen LogP contribution in [0.15, 0.2) is 30.3 Å². The van der Waals surface area contributed by atoms with Crippen LogP contribution >= 0.6 is 12.4 Å². The maximum atomic E-state index is 12.8. The molecular formula is C18H26ClN3O3. The van der Waals surface area contributed by atoms with Crippen LogP contribution < -0.4 is 10.6 Å². The fourth-order valence-corrected chi connectivity index (χ4v) is 3.46. The highest BCUT2D eigenvalue weighted by Gasteiger charge is 2.33. The second kappa shape index (κ2) is 9.17. The van der Waals surface area contributed by atoms with Crippen molar-refractivity contribution in [3.63, 3.8) is 0 Å². The number of benzene rings is 1. The normalized spacial score (nSPS) is 24.5. The summed E-state index contributed by atoms with van der Waals surface area (Å²) in [6.07, 6.45) is 1.88. The quantitative estimate of drug-likeness (QED) is 0.721. The molecule has 7 heteroatoms. The van der Waals surface area contributed by atoms with Crippen molar-refractivity contribution < 1.29 is 14.7 Å². The third-order valence-corrected chi connectivity index (χ3v) is 4.88. The smallest absolute Gasteiger partial charge is 0.247 e. The molecule has 0 bridgehead atoms. The summed E-state index contributed by atoms with van der Waals surface area (Å²) >= 11 is 0. The molecule has 2 fully saturated rings. The first kappa shape index (κ1) is 19.7. The summed E-state index contributed by atoms with van der Waals surface area (Å²) in [6.45, 7) is 2.28. The second-order valence-electron chi connectivity index (χ2n) is 6.59. The van der Waals surface area contributed by atoms with Crippen LogP contribution in [-0.4, -0.2) is 54.1 Å². The molecule has 3 unspecified atom stereocenters. The third kappa shape index (κ3) is 4.71. The Bertz CT molecular complexity index is 584. The molecular weight excluding hydrogens is 342 g/mol. The van der Waals surface area contributed by atoms with Crippen LogP contribution in [0.3, 0.4) is 0 Å². The number of carbonyl (C=O) groups excluding carboxylic acids is 2. The lowest BCUT2D eigenvalue weighted by molar-refractivity contribution is -0.142. The summed E-state index contributed by atoms with van der Waals surface area (Å²) < 4.78 is 0. The number of aliphatic hydroxyl groups excluding tert-OH is 1. The molecule has 2 aliphatic heterocycles. The predicted octanol–water partition coefficient (Wildman–Crippen LogP) is 0.858. The molecule has 0 aromatic heterocycles. The Morgan fingerprint density at radius 2 is 2.04 bits per heavy atom. The van der Waals surface area contributed by atoms with Crippen molar-refractivity contribution in [3.8, 4) is 0 Å². The maximum Gasteiger partial charge on any atom is 0.247 e. The Morgan fingerprint density at radius 1 is 1.28 bits per heavy atom. The molecule has 3 atom stereocenters. The van der Waals surface area contributed by atoms with Crippen LogP contribution in [0.2, 0.25) is 0 Å². The first-order valence-corrected chi connectivity index (χ1v) is 8.67. The topological polar surface area (TPSA) is 81.7 Å². The molecule has 0 radical (unpaired) electrons. The van der Waals surface area contributed by atoms with Gasteiger partial charge in [-0.3, -0.25) is 9.59 Å². The molecule has 0 aliphatic carbocycles. The summed E-state index contributed by atoms with van der Waals surface area (Å²) in [5.74, 6) is -0.120. The summed E-state index contributed by atoms with van der Waals surface area (Å²) in [7, 11) is 0. The number of aliphatic hydroxyl groups is 1. The molecule has 2 aliphatic rings. The van der Waals surface area contributed by atoms with E-state index in [9.17, 15) is 14.7 Å². The van der Waals surface area contributed by atoms with Gasteiger partial charge in [0.05, 0.1) is 6.10 Å². The number of carbonyl (C=O) groups is 2. The second-order valence-corrected chi connectivity index (χ2v) is 6.59. The first-order valence-electron chi connectivity index (χ1n) is 8.67. The Labute approximate surface area is 154 Å². The van der Waals surface area contributed by atoms with E-state index in [4.69, 9.17) is 0 Å². The minimum Gasteiger partial charge on any atom is -0.391 e. The highest BCUT2D eigenvalue weighted by Crippen LogP contribution is 2.26. The number of hydrogen-bond acceptors (Lipinski definition) is 4. The molecule has 0 saturated carbocycles. The monoisotopic (exact) mass is 367 g/mol. The molecule has 2 saturated heterocycles. The lowest BCUT2D eigenvalue weighted by atomic mass is 10.00. The van der Waals surface area contributed by atoms with E-state index in [1.165, 1.54) is 0 Å². The number of hydrogen-bond donors (Lipinski definition) is 3. The van der Waals surface area contributed by atoms with E-state index in [0.717, 1.165) is 18.4 Å². The van der Waals surface area contributed by atoms with Gasteiger partial charge in [-0.1, -0.05) is 30.3 Å². The van der Waals surface area contributed by atoms with Gasteiger partial charge in [0.2, 0.25) is 11.8 Å². The molecule has 1 aromatic rings. The van der Waals surface area contributed by atoms with Crippen molar-refractivity contribution in [2.75, 3.05) is 26.2 Å². The van der Waals surface area contributed by atoms with Crippen molar-refractivity contribution in [1.29, 1.82) is 0 Å². The maximum absolute atomic E-state index is 12.8. The van der Waals surface area contributed by atoms with Crippen LogP contribution in [0.4, 0.5) is 0 Å². The van der Waals surface area contributed by atoms with E-state index < -0.39 is 12.1 Å². The van der Waals surface area contributed by atoms with Gasteiger partial charge in [-0.2, -0.15) is 0 Å². The van der Waals surface area contributed by atoms with E-state index in [2.05, 4.69) is 10.6 Å². The Morgan fingerprint density at radius 3 is 2.68 bits per heavy atom. The third-order valence-electron chi connectivity index (χ3n) is 4.88. The summed E-state index contributed by atoms with van der Waals surface area (Å²) in [5, 5.41) is 15.9. The molecule has 25 heavy (non-hydrogen) atoms. The number of β-amino-alcohol motifs (C(OH)–C–C–N with tert-alkyl or cyclic N) is 1. The standard InChI is InChI=1S/C18H25N3O3.ClH/c22-15-12-19-10-14(15)11-20-18(24)17(13-6-2-1-3-7-13)21-9-5-4-8-16(21)23;/h1-3,6-7,14-15,17,19,22H,4-5,8-12H2,(H,20,24);1H. The number of piperidine rings is 1. The molecule has 6 nitrogen and oxygen atoms in total. The van der Waals surface area contributed by atoms with Gasteiger partial charge < -0.3 is 20.6 Å². The van der Waals surface area contributed by atoms with Gasteiger partial charge in [-0.25, -0.2) is 0 Å². The van der Waals surface area contributed by atoms with Gasteiger partial charge in [0.1, 0.15) is 6.04 Å². The zero-order chi connectivity index (χ0) is 16.9. The minimum absolute atomic E-state index is 0. The van der Waals surface area contributed by atoms with Crippen LogP contribution in [0.5, 0.6) is 0 Å². The first-order chi connectivity index (χ1) is 11.7. The van der Waals surface area contributed by atoms with Gasteiger partial charge in [-0.05, 0) is 18.4 Å². The van der Waals surface area contributed by atoms with Gasteiger partial charge >= 0.3 is 0 Å². The van der Waals surface area contributed by atoms with Crippen LogP contribution in [-0.2, 0) is 9.59 Å². The van der Waals surface area contributed by atoms with Crippen molar-refractivity contribution in [3.05, 3.63) is 35.9 Å². The number of rotatable bonds is 5. The molecule has 2 amide bonds. The fraction of sp³-hybridized carbons (Fsp3) is 0.556. The van der Waals surface area contributed by atoms with Gasteiger partial charge in [0, 0.05) is 38.5 Å². The number of amides is 2. The molecule has 3 rings (SSSR count). The van der Waals surface area contributed by atoms with Crippen molar-refractivity contribution >= 4 is 24.2 Å². The van der Waals surface area contributed by atoms with Gasteiger partial charge in [-0.15, -0.1) is 12.4 Å². The van der Waals surface area contributed by atoms with Crippen molar-refractivity contribution in [1.82, 2.24) is 15.5 Å². The highest BCUT2D eigenvalue weighted by atomic mass is 35.5. The summed E-state index contributed by atoms with van der Waals surface area (Å²) in [5.41, 5.74) is 0.829. The zero-order valence-corrected chi connectivity index (χ0v) is 15.0. The molecule has 3 N–H and O–H groups in total. The van der Waals surface area contributed by atoms with Crippen LogP contribution in [0, 0.1) is 5.92 Å². The molecule has 0 spiro atoms. The molecule has 2 heterocycles. The lowest BCUT2D eigenvalue weighted by Gasteiger charge is -2.34.